The molecule has 6 rings (SSSR count). The number of carbonyl (C=O) groups is 3. The number of rotatable bonds is 8. The first-order valence-corrected chi connectivity index (χ1v) is 15.9. The number of esters is 1. The van der Waals surface area contributed by atoms with E-state index in [1.807, 2.05) is 28.8 Å². The molecule has 0 radical (unpaired) electrons. The lowest BCUT2D eigenvalue weighted by Gasteiger charge is -2.44. The van der Waals surface area contributed by atoms with Crippen LogP contribution in [-0.2, 0) is 16.1 Å². The Morgan fingerprint density at radius 2 is 1.63 bits per heavy atom. The molecule has 11 nitrogen and oxygen atoms in total. The van der Waals surface area contributed by atoms with Gasteiger partial charge in [0.1, 0.15) is 11.5 Å². The van der Waals surface area contributed by atoms with Crippen LogP contribution in [0.4, 0.5) is 11.4 Å². The number of carbonyl (C=O) groups excluding carboxylic acids is 3. The Bertz CT molecular complexity index is 1670. The fourth-order valence-electron chi connectivity index (χ4n) is 7.03. The SMILES string of the molecule is CCOC(=O)C1CCN(C(=O)c2ccc(N3C[C@H]4C[C@@H](C3)c3cccc(=O)n3C4)c(NC(=O)c3cc(OC)cc(OC)c3)c2)CC1. The number of hydrogen-bond acceptors (Lipinski definition) is 8. The van der Waals surface area contributed by atoms with Crippen LogP contribution in [0.25, 0.3) is 0 Å². The maximum atomic E-state index is 13.7. The summed E-state index contributed by atoms with van der Waals surface area (Å²) < 4.78 is 17.8. The molecule has 3 aliphatic heterocycles. The van der Waals surface area contributed by atoms with Gasteiger partial charge in [0.05, 0.1) is 38.1 Å². The number of aromatic nitrogens is 1. The third-order valence-corrected chi connectivity index (χ3v) is 9.33. The zero-order chi connectivity index (χ0) is 32.4. The minimum absolute atomic E-state index is 0.0245. The summed E-state index contributed by atoms with van der Waals surface area (Å²) in [7, 11) is 3.05. The summed E-state index contributed by atoms with van der Waals surface area (Å²) in [4.78, 5) is 56.2. The van der Waals surface area contributed by atoms with Crippen molar-refractivity contribution in [2.75, 3.05) is 57.2 Å². The van der Waals surface area contributed by atoms with E-state index < -0.39 is 0 Å². The number of ether oxygens (including phenoxy) is 3. The second-order valence-electron chi connectivity index (χ2n) is 12.2. The molecule has 0 unspecified atom stereocenters. The topological polar surface area (TPSA) is 119 Å². The predicted molar refractivity (Wildman–Crippen MR) is 173 cm³/mol. The molecular formula is C35H40N4O7. The number of nitrogens with one attached hydrogen (secondary N) is 1. The van der Waals surface area contributed by atoms with Crippen molar-refractivity contribution in [3.63, 3.8) is 0 Å². The van der Waals surface area contributed by atoms with Gasteiger partial charge < -0.3 is 33.9 Å². The molecule has 0 saturated carbocycles. The molecule has 1 N–H and O–H groups in total. The van der Waals surface area contributed by atoms with Gasteiger partial charge in [-0.15, -0.1) is 0 Å². The Hall–Kier alpha value is -4.80. The van der Waals surface area contributed by atoms with Gasteiger partial charge in [0, 0.05) is 67.6 Å². The molecule has 2 saturated heterocycles. The molecule has 1 aromatic heterocycles. The molecule has 3 aliphatic rings. The number of hydrogen-bond donors (Lipinski definition) is 1. The van der Waals surface area contributed by atoms with Crippen LogP contribution in [0.15, 0.2) is 59.4 Å². The highest BCUT2D eigenvalue weighted by Crippen LogP contribution is 2.40. The van der Waals surface area contributed by atoms with Gasteiger partial charge in [-0.2, -0.15) is 0 Å². The van der Waals surface area contributed by atoms with Gasteiger partial charge in [0.2, 0.25) is 0 Å². The van der Waals surface area contributed by atoms with Crippen molar-refractivity contribution in [3.8, 4) is 11.5 Å². The summed E-state index contributed by atoms with van der Waals surface area (Å²) >= 11 is 0. The number of amides is 2. The summed E-state index contributed by atoms with van der Waals surface area (Å²) in [5.41, 5.74) is 3.18. The first kappa shape index (κ1) is 31.2. The maximum absolute atomic E-state index is 13.7. The maximum Gasteiger partial charge on any atom is 0.309 e. The monoisotopic (exact) mass is 628 g/mol. The highest BCUT2D eigenvalue weighted by molar-refractivity contribution is 6.07. The third-order valence-electron chi connectivity index (χ3n) is 9.33. The van der Waals surface area contributed by atoms with E-state index in [1.54, 1.807) is 42.2 Å². The minimum Gasteiger partial charge on any atom is -0.497 e. The highest BCUT2D eigenvalue weighted by atomic mass is 16.5. The first-order chi connectivity index (χ1) is 22.3. The molecule has 2 atom stereocenters. The van der Waals surface area contributed by atoms with Gasteiger partial charge in [-0.25, -0.2) is 0 Å². The van der Waals surface area contributed by atoms with Gasteiger partial charge >= 0.3 is 5.97 Å². The quantitative estimate of drug-likeness (QED) is 0.370. The minimum atomic E-state index is -0.368. The molecule has 0 spiro atoms. The van der Waals surface area contributed by atoms with E-state index in [4.69, 9.17) is 14.2 Å². The Balaban J connectivity index is 1.29. The molecule has 2 aromatic carbocycles. The standard InChI is InChI=1S/C35H40N4O7/c1-4-46-35(43)23-10-12-37(13-11-23)34(42)24-8-9-31(29(17-24)36-33(41)25-15-27(44-2)18-28(16-25)45-3)38-19-22-14-26(21-38)30-6-5-7-32(40)39(30)20-22/h5-9,15-18,22-23,26H,4,10-14,19-21H2,1-3H3,(H,36,41)/t22-,26+/m1/s1. The van der Waals surface area contributed by atoms with E-state index in [1.165, 1.54) is 14.2 Å². The average molecular weight is 629 g/mol. The van der Waals surface area contributed by atoms with Crippen molar-refractivity contribution < 1.29 is 28.6 Å². The van der Waals surface area contributed by atoms with Crippen LogP contribution < -0.4 is 25.2 Å². The second-order valence-corrected chi connectivity index (χ2v) is 12.2. The van der Waals surface area contributed by atoms with Crippen LogP contribution >= 0.6 is 0 Å². The van der Waals surface area contributed by atoms with Crippen LogP contribution in [0.1, 0.15) is 58.5 Å². The van der Waals surface area contributed by atoms with E-state index in [2.05, 4.69) is 10.2 Å². The first-order valence-electron chi connectivity index (χ1n) is 15.9. The third kappa shape index (κ3) is 6.31. The number of anilines is 2. The predicted octanol–water partition coefficient (Wildman–Crippen LogP) is 4.16. The molecular weight excluding hydrogens is 588 g/mol. The fraction of sp³-hybridized carbons (Fsp3) is 0.429. The Morgan fingerprint density at radius 1 is 0.891 bits per heavy atom. The number of nitrogens with zero attached hydrogens (tertiary/aromatic N) is 3. The van der Waals surface area contributed by atoms with Crippen molar-refractivity contribution in [1.29, 1.82) is 0 Å². The zero-order valence-electron chi connectivity index (χ0n) is 26.5. The molecule has 2 amide bonds. The van der Waals surface area contributed by atoms with Crippen molar-refractivity contribution in [1.82, 2.24) is 9.47 Å². The van der Waals surface area contributed by atoms with Gasteiger partial charge in [-0.05, 0) is 68.5 Å². The van der Waals surface area contributed by atoms with Crippen LogP contribution in [0.5, 0.6) is 11.5 Å². The van der Waals surface area contributed by atoms with E-state index in [9.17, 15) is 19.2 Å². The lowest BCUT2D eigenvalue weighted by atomic mass is 9.83. The van der Waals surface area contributed by atoms with E-state index in [-0.39, 0.29) is 41.1 Å². The summed E-state index contributed by atoms with van der Waals surface area (Å²) in [5, 5.41) is 3.08. The van der Waals surface area contributed by atoms with Crippen molar-refractivity contribution in [2.45, 2.75) is 38.6 Å². The highest BCUT2D eigenvalue weighted by Gasteiger charge is 2.36. The molecule has 3 aromatic rings. The molecule has 0 aliphatic carbocycles. The summed E-state index contributed by atoms with van der Waals surface area (Å²) in [5.74, 6) is 0.450. The average Bonchev–Trinajstić information content (AvgIpc) is 3.08. The number of fused-ring (bicyclic) bond motifs is 4. The number of likely N-dealkylation sites (tertiary alicyclic amines) is 1. The van der Waals surface area contributed by atoms with Gasteiger partial charge in [-0.1, -0.05) is 6.07 Å². The Morgan fingerprint density at radius 3 is 2.33 bits per heavy atom. The Labute approximate surface area is 268 Å². The second kappa shape index (κ2) is 13.3. The molecule has 2 fully saturated rings. The molecule has 11 heteroatoms. The molecule has 4 heterocycles. The number of benzene rings is 2. The van der Waals surface area contributed by atoms with Crippen molar-refractivity contribution in [3.05, 3.63) is 81.8 Å². The van der Waals surface area contributed by atoms with E-state index in [0.29, 0.717) is 80.5 Å². The fourth-order valence-corrected chi connectivity index (χ4v) is 7.03. The molecule has 46 heavy (non-hydrogen) atoms. The summed E-state index contributed by atoms with van der Waals surface area (Å²) in [6, 6.07) is 15.9. The molecule has 2 bridgehead atoms. The number of methoxy groups -OCH3 is 2. The smallest absolute Gasteiger partial charge is 0.309 e. The normalized spacial score (nSPS) is 19.2. The van der Waals surface area contributed by atoms with Crippen LogP contribution in [0.2, 0.25) is 0 Å². The number of piperidine rings is 2. The summed E-state index contributed by atoms with van der Waals surface area (Å²) in [6.07, 6.45) is 2.08. The number of pyridine rings is 1. The van der Waals surface area contributed by atoms with Crippen molar-refractivity contribution in [2.24, 2.45) is 11.8 Å². The summed E-state index contributed by atoms with van der Waals surface area (Å²) in [6.45, 7) is 5.05. The van der Waals surface area contributed by atoms with Crippen LogP contribution in [0.3, 0.4) is 0 Å². The van der Waals surface area contributed by atoms with Gasteiger partial charge in [0.25, 0.3) is 17.4 Å². The Kier molecular flexibility index (Phi) is 9.01. The van der Waals surface area contributed by atoms with E-state index in [0.717, 1.165) is 17.8 Å². The lowest BCUT2D eigenvalue weighted by molar-refractivity contribution is -0.149. The molecule has 242 valence electrons. The van der Waals surface area contributed by atoms with Gasteiger partial charge in [-0.3, -0.25) is 19.2 Å². The zero-order valence-corrected chi connectivity index (χ0v) is 26.5. The largest absolute Gasteiger partial charge is 0.497 e. The van der Waals surface area contributed by atoms with Gasteiger partial charge in [0.15, 0.2) is 0 Å². The van der Waals surface area contributed by atoms with E-state index >= 15 is 0 Å². The van der Waals surface area contributed by atoms with Crippen molar-refractivity contribution >= 4 is 29.2 Å². The lowest BCUT2D eigenvalue weighted by Crippen LogP contribution is -2.47. The van der Waals surface area contributed by atoms with Crippen LogP contribution in [-0.4, -0.2) is 74.3 Å². The van der Waals surface area contributed by atoms with Crippen LogP contribution in [0, 0.1) is 11.8 Å².